The van der Waals surface area contributed by atoms with Crippen molar-refractivity contribution in [2.45, 2.75) is 76.5 Å². The van der Waals surface area contributed by atoms with Gasteiger partial charge in [-0.25, -0.2) is 4.98 Å². The van der Waals surface area contributed by atoms with E-state index in [4.69, 9.17) is 13.9 Å². The molecule has 4 rings (SSSR count). The molecule has 0 unspecified atom stereocenters. The lowest BCUT2D eigenvalue weighted by Gasteiger charge is -2.57. The summed E-state index contributed by atoms with van der Waals surface area (Å²) in [6, 6.07) is 0.172. The van der Waals surface area contributed by atoms with Gasteiger partial charge in [0.1, 0.15) is 6.10 Å². The summed E-state index contributed by atoms with van der Waals surface area (Å²) in [6.07, 6.45) is 10.3. The molecule has 1 spiro atoms. The van der Waals surface area contributed by atoms with Crippen LogP contribution in [-0.2, 0) is 9.47 Å². The molecule has 3 atom stereocenters. The van der Waals surface area contributed by atoms with Crippen molar-refractivity contribution in [3.05, 3.63) is 17.8 Å². The maximum atomic E-state index is 12.8. The molecular formula is C19H28N2O4. The molecule has 1 aliphatic heterocycles. The van der Waals surface area contributed by atoms with Crippen LogP contribution in [0.2, 0.25) is 0 Å². The van der Waals surface area contributed by atoms with Crippen LogP contribution >= 0.6 is 0 Å². The summed E-state index contributed by atoms with van der Waals surface area (Å²) >= 11 is 0. The number of ether oxygens (including phenoxy) is 2. The van der Waals surface area contributed by atoms with E-state index in [0.717, 1.165) is 38.7 Å². The fourth-order valence-electron chi connectivity index (χ4n) is 4.93. The van der Waals surface area contributed by atoms with Gasteiger partial charge in [0.05, 0.1) is 6.10 Å². The SMILES string of the molecule is CCO[C@@H]1C[C@H](NC(=O)c2ncoc2[C@H]2CCCO2)C12CCCCC2. The second-order valence-corrected chi connectivity index (χ2v) is 7.57. The second-order valence-electron chi connectivity index (χ2n) is 7.57. The molecule has 3 aliphatic rings. The lowest BCUT2D eigenvalue weighted by atomic mass is 9.55. The minimum Gasteiger partial charge on any atom is -0.445 e. The highest BCUT2D eigenvalue weighted by molar-refractivity contribution is 5.93. The molecule has 2 aliphatic carbocycles. The molecule has 1 aromatic rings. The minimum atomic E-state index is -0.135. The van der Waals surface area contributed by atoms with Crippen molar-refractivity contribution < 1.29 is 18.7 Å². The van der Waals surface area contributed by atoms with E-state index in [0.29, 0.717) is 18.1 Å². The molecule has 138 valence electrons. The number of rotatable bonds is 5. The standard InChI is InChI=1S/C19H28N2O4/c1-2-23-15-11-14(19(15)8-4-3-5-9-19)21-18(22)16-17(25-12-20-16)13-7-6-10-24-13/h12-15H,2-11H2,1H3,(H,21,22)/t13-,14+,15-/m1/s1. The van der Waals surface area contributed by atoms with Gasteiger partial charge in [0, 0.05) is 24.7 Å². The monoisotopic (exact) mass is 348 g/mol. The number of amides is 1. The minimum absolute atomic E-state index is 0.109. The highest BCUT2D eigenvalue weighted by Gasteiger charge is 2.56. The second kappa shape index (κ2) is 7.08. The Morgan fingerprint density at radius 2 is 2.20 bits per heavy atom. The van der Waals surface area contributed by atoms with Gasteiger partial charge in [-0.05, 0) is 39.0 Å². The van der Waals surface area contributed by atoms with Crippen LogP contribution in [-0.4, -0.2) is 36.3 Å². The highest BCUT2D eigenvalue weighted by Crippen LogP contribution is 2.53. The molecule has 0 radical (unpaired) electrons. The summed E-state index contributed by atoms with van der Waals surface area (Å²) in [5, 5.41) is 3.23. The summed E-state index contributed by atoms with van der Waals surface area (Å²) in [7, 11) is 0. The molecule has 1 N–H and O–H groups in total. The Kier molecular flexibility index (Phi) is 4.82. The first kappa shape index (κ1) is 17.0. The van der Waals surface area contributed by atoms with E-state index in [1.807, 2.05) is 6.92 Å². The van der Waals surface area contributed by atoms with E-state index < -0.39 is 0 Å². The maximum Gasteiger partial charge on any atom is 0.273 e. The number of oxazole rings is 1. The lowest BCUT2D eigenvalue weighted by Crippen LogP contribution is -2.65. The Morgan fingerprint density at radius 1 is 1.36 bits per heavy atom. The molecule has 2 heterocycles. The predicted octanol–water partition coefficient (Wildman–Crippen LogP) is 3.38. The summed E-state index contributed by atoms with van der Waals surface area (Å²) in [5.41, 5.74) is 0.496. The van der Waals surface area contributed by atoms with E-state index in [1.54, 1.807) is 0 Å². The number of carbonyl (C=O) groups excluding carboxylic acids is 1. The maximum absolute atomic E-state index is 12.8. The Labute approximate surface area is 148 Å². The smallest absolute Gasteiger partial charge is 0.273 e. The van der Waals surface area contributed by atoms with Gasteiger partial charge >= 0.3 is 0 Å². The zero-order valence-electron chi connectivity index (χ0n) is 15.0. The van der Waals surface area contributed by atoms with Crippen LogP contribution in [0.3, 0.4) is 0 Å². The average molecular weight is 348 g/mol. The zero-order chi connectivity index (χ0) is 17.3. The fraction of sp³-hybridized carbons (Fsp3) is 0.789. The molecule has 3 fully saturated rings. The third kappa shape index (κ3) is 2.99. The van der Waals surface area contributed by atoms with Crippen molar-refractivity contribution in [2.24, 2.45) is 5.41 Å². The molecule has 25 heavy (non-hydrogen) atoms. The molecule has 6 heteroatoms. The van der Waals surface area contributed by atoms with Gasteiger partial charge < -0.3 is 19.2 Å². The van der Waals surface area contributed by atoms with Crippen LogP contribution in [0.15, 0.2) is 10.8 Å². The lowest BCUT2D eigenvalue weighted by molar-refractivity contribution is -0.147. The van der Waals surface area contributed by atoms with Crippen molar-refractivity contribution in [3.63, 3.8) is 0 Å². The molecule has 1 amide bonds. The highest BCUT2D eigenvalue weighted by atomic mass is 16.5. The number of carbonyl (C=O) groups is 1. The predicted molar refractivity (Wildman–Crippen MR) is 91.2 cm³/mol. The normalized spacial score (nSPS) is 31.0. The number of nitrogens with zero attached hydrogens (tertiary/aromatic N) is 1. The number of hydrogen-bond acceptors (Lipinski definition) is 5. The fourth-order valence-corrected chi connectivity index (χ4v) is 4.93. The van der Waals surface area contributed by atoms with Crippen molar-refractivity contribution in [1.29, 1.82) is 0 Å². The van der Waals surface area contributed by atoms with Crippen molar-refractivity contribution in [3.8, 4) is 0 Å². The third-order valence-corrected chi connectivity index (χ3v) is 6.27. The zero-order valence-corrected chi connectivity index (χ0v) is 15.0. The van der Waals surface area contributed by atoms with Crippen LogP contribution in [0, 0.1) is 5.41 Å². The summed E-state index contributed by atoms with van der Waals surface area (Å²) in [4.78, 5) is 17.0. The Morgan fingerprint density at radius 3 is 2.92 bits per heavy atom. The van der Waals surface area contributed by atoms with Crippen LogP contribution in [0.4, 0.5) is 0 Å². The number of nitrogens with one attached hydrogen (secondary N) is 1. The van der Waals surface area contributed by atoms with Crippen LogP contribution in [0.1, 0.15) is 80.6 Å². The van der Waals surface area contributed by atoms with E-state index in [9.17, 15) is 4.79 Å². The van der Waals surface area contributed by atoms with Gasteiger partial charge in [-0.15, -0.1) is 0 Å². The molecule has 2 saturated carbocycles. The summed E-state index contributed by atoms with van der Waals surface area (Å²) in [6.45, 7) is 3.50. The van der Waals surface area contributed by atoms with Crippen LogP contribution < -0.4 is 5.32 Å². The van der Waals surface area contributed by atoms with Gasteiger partial charge in [0.15, 0.2) is 17.8 Å². The Bertz CT molecular complexity index is 602. The number of aromatic nitrogens is 1. The number of hydrogen-bond donors (Lipinski definition) is 1. The first-order valence-corrected chi connectivity index (χ1v) is 9.72. The average Bonchev–Trinajstić information content (AvgIpc) is 3.32. The van der Waals surface area contributed by atoms with Crippen molar-refractivity contribution in [1.82, 2.24) is 10.3 Å². The quantitative estimate of drug-likeness (QED) is 0.883. The topological polar surface area (TPSA) is 73.6 Å². The molecular weight excluding hydrogens is 320 g/mol. The Balaban J connectivity index is 1.46. The molecule has 1 saturated heterocycles. The van der Waals surface area contributed by atoms with E-state index in [2.05, 4.69) is 10.3 Å². The summed E-state index contributed by atoms with van der Waals surface area (Å²) in [5.74, 6) is 0.442. The van der Waals surface area contributed by atoms with Crippen molar-refractivity contribution >= 4 is 5.91 Å². The van der Waals surface area contributed by atoms with Gasteiger partial charge in [0.2, 0.25) is 0 Å². The first-order valence-electron chi connectivity index (χ1n) is 9.72. The van der Waals surface area contributed by atoms with Crippen LogP contribution in [0.25, 0.3) is 0 Å². The first-order chi connectivity index (χ1) is 12.2. The molecule has 6 nitrogen and oxygen atoms in total. The van der Waals surface area contributed by atoms with Gasteiger partial charge in [-0.2, -0.15) is 0 Å². The van der Waals surface area contributed by atoms with Crippen molar-refractivity contribution in [2.75, 3.05) is 13.2 Å². The van der Waals surface area contributed by atoms with Gasteiger partial charge in [-0.1, -0.05) is 19.3 Å². The van der Waals surface area contributed by atoms with E-state index in [-0.39, 0.29) is 29.6 Å². The molecule has 0 aromatic carbocycles. The van der Waals surface area contributed by atoms with Gasteiger partial charge in [0.25, 0.3) is 5.91 Å². The molecule has 1 aromatic heterocycles. The van der Waals surface area contributed by atoms with E-state index in [1.165, 1.54) is 25.7 Å². The Hall–Kier alpha value is -1.40. The van der Waals surface area contributed by atoms with E-state index >= 15 is 0 Å². The van der Waals surface area contributed by atoms with Crippen LogP contribution in [0.5, 0.6) is 0 Å². The summed E-state index contributed by atoms with van der Waals surface area (Å²) < 4.78 is 17.1. The largest absolute Gasteiger partial charge is 0.445 e. The molecule has 0 bridgehead atoms. The van der Waals surface area contributed by atoms with Gasteiger partial charge in [-0.3, -0.25) is 4.79 Å². The third-order valence-electron chi connectivity index (χ3n) is 6.27.